The summed E-state index contributed by atoms with van der Waals surface area (Å²) in [6.45, 7) is 10.5. The minimum absolute atomic E-state index is 0.151. The van der Waals surface area contributed by atoms with Gasteiger partial charge in [-0.05, 0) is 32.3 Å². The summed E-state index contributed by atoms with van der Waals surface area (Å²) in [5.41, 5.74) is 0.571. The van der Waals surface area contributed by atoms with Crippen LogP contribution in [0.5, 0.6) is 0 Å². The number of aromatic nitrogens is 2. The molecule has 6 heteroatoms. The number of carbonyl (C=O) groups excluding carboxylic acids is 1. The predicted octanol–water partition coefficient (Wildman–Crippen LogP) is 4.28. The molecule has 0 bridgehead atoms. The molecular formula is C20H29N3O3. The third-order valence-corrected chi connectivity index (χ3v) is 3.71. The molecule has 6 nitrogen and oxygen atoms in total. The van der Waals surface area contributed by atoms with Gasteiger partial charge in [0.05, 0.1) is 12.6 Å². The lowest BCUT2D eigenvalue weighted by Gasteiger charge is -2.26. The van der Waals surface area contributed by atoms with Crippen LogP contribution in [0.2, 0.25) is 0 Å². The lowest BCUT2D eigenvalue weighted by atomic mass is 10.0. The van der Waals surface area contributed by atoms with E-state index in [2.05, 4.69) is 10.3 Å². The highest BCUT2D eigenvalue weighted by atomic mass is 16.6. The molecule has 0 aliphatic heterocycles. The molecule has 1 N–H and O–H groups in total. The number of imidazole rings is 1. The van der Waals surface area contributed by atoms with Crippen LogP contribution in [0.1, 0.15) is 52.0 Å². The quantitative estimate of drug-likeness (QED) is 0.801. The first-order valence-corrected chi connectivity index (χ1v) is 8.88. The Balaban J connectivity index is 2.01. The van der Waals surface area contributed by atoms with E-state index < -0.39 is 11.7 Å². The summed E-state index contributed by atoms with van der Waals surface area (Å²) in [4.78, 5) is 16.6. The van der Waals surface area contributed by atoms with Gasteiger partial charge >= 0.3 is 6.09 Å². The highest BCUT2D eigenvalue weighted by molar-refractivity contribution is 5.68. The molecule has 0 fully saturated rings. The maximum atomic E-state index is 12.2. The molecule has 142 valence electrons. The van der Waals surface area contributed by atoms with Gasteiger partial charge in [0, 0.05) is 12.4 Å². The third kappa shape index (κ3) is 6.19. The number of nitrogens with zero attached hydrogens (tertiary/aromatic N) is 2. The van der Waals surface area contributed by atoms with Crippen molar-refractivity contribution in [2.24, 2.45) is 5.92 Å². The first-order valence-electron chi connectivity index (χ1n) is 8.88. The second kappa shape index (κ2) is 8.85. The molecule has 0 aliphatic rings. The SMILES string of the molecule is CC(C)C(NC(=O)OC(C)(C)C)c1nccn1COCc1ccccc1. The van der Waals surface area contributed by atoms with E-state index in [0.717, 1.165) is 11.4 Å². The standard InChI is InChI=1S/C20H29N3O3/c1-15(2)17(22-19(24)26-20(3,4)5)18-21-11-12-23(18)14-25-13-16-9-7-6-8-10-16/h6-12,15,17H,13-14H2,1-5H3,(H,22,24). The monoisotopic (exact) mass is 359 g/mol. The number of hydrogen-bond donors (Lipinski definition) is 1. The Morgan fingerprint density at radius 3 is 2.54 bits per heavy atom. The molecule has 1 amide bonds. The Bertz CT molecular complexity index is 690. The van der Waals surface area contributed by atoms with E-state index in [0.29, 0.717) is 13.3 Å². The summed E-state index contributed by atoms with van der Waals surface area (Å²) >= 11 is 0. The second-order valence-electron chi connectivity index (χ2n) is 7.59. The zero-order valence-electron chi connectivity index (χ0n) is 16.2. The van der Waals surface area contributed by atoms with Crippen LogP contribution in [-0.4, -0.2) is 21.2 Å². The fourth-order valence-electron chi connectivity index (χ4n) is 2.51. The van der Waals surface area contributed by atoms with Crippen molar-refractivity contribution in [2.45, 2.75) is 59.6 Å². The molecule has 1 unspecified atom stereocenters. The smallest absolute Gasteiger partial charge is 0.408 e. The summed E-state index contributed by atoms with van der Waals surface area (Å²) in [7, 11) is 0. The number of rotatable bonds is 7. The molecule has 1 heterocycles. The van der Waals surface area contributed by atoms with Crippen molar-refractivity contribution in [3.8, 4) is 0 Å². The van der Waals surface area contributed by atoms with Crippen molar-refractivity contribution >= 4 is 6.09 Å². The van der Waals surface area contributed by atoms with Crippen molar-refractivity contribution in [3.63, 3.8) is 0 Å². The van der Waals surface area contributed by atoms with Crippen LogP contribution in [0.15, 0.2) is 42.7 Å². The average molecular weight is 359 g/mol. The Labute approximate surface area is 155 Å². The maximum absolute atomic E-state index is 12.2. The van der Waals surface area contributed by atoms with Gasteiger partial charge in [-0.15, -0.1) is 0 Å². The number of alkyl carbamates (subject to hydrolysis) is 1. The number of ether oxygens (including phenoxy) is 2. The molecule has 0 aliphatic carbocycles. The topological polar surface area (TPSA) is 65.4 Å². The Morgan fingerprint density at radius 1 is 1.23 bits per heavy atom. The predicted molar refractivity (Wildman–Crippen MR) is 100 cm³/mol. The summed E-state index contributed by atoms with van der Waals surface area (Å²) < 4.78 is 13.1. The van der Waals surface area contributed by atoms with Gasteiger partial charge < -0.3 is 19.4 Å². The van der Waals surface area contributed by atoms with Crippen LogP contribution < -0.4 is 5.32 Å². The van der Waals surface area contributed by atoms with Crippen molar-refractivity contribution < 1.29 is 14.3 Å². The summed E-state index contributed by atoms with van der Waals surface area (Å²) in [6.07, 6.45) is 3.12. The van der Waals surface area contributed by atoms with Crippen LogP contribution >= 0.6 is 0 Å². The van der Waals surface area contributed by atoms with E-state index in [4.69, 9.17) is 9.47 Å². The van der Waals surface area contributed by atoms with Gasteiger partial charge in [0.15, 0.2) is 0 Å². The van der Waals surface area contributed by atoms with Crippen molar-refractivity contribution in [2.75, 3.05) is 0 Å². The summed E-state index contributed by atoms with van der Waals surface area (Å²) in [5.74, 6) is 0.900. The molecule has 26 heavy (non-hydrogen) atoms. The van der Waals surface area contributed by atoms with Gasteiger partial charge in [0.1, 0.15) is 18.2 Å². The van der Waals surface area contributed by atoms with Crippen LogP contribution in [0, 0.1) is 5.92 Å². The number of hydrogen-bond acceptors (Lipinski definition) is 4. The number of nitrogens with one attached hydrogen (secondary N) is 1. The number of benzene rings is 1. The minimum atomic E-state index is -0.542. The summed E-state index contributed by atoms with van der Waals surface area (Å²) in [5, 5.41) is 2.92. The first kappa shape index (κ1) is 20.0. The molecule has 0 radical (unpaired) electrons. The van der Waals surface area contributed by atoms with E-state index in [-0.39, 0.29) is 12.0 Å². The molecule has 1 atom stereocenters. The second-order valence-corrected chi connectivity index (χ2v) is 7.59. The van der Waals surface area contributed by atoms with Crippen LogP contribution in [0.25, 0.3) is 0 Å². The normalized spacial score (nSPS) is 12.8. The van der Waals surface area contributed by atoms with Gasteiger partial charge in [-0.1, -0.05) is 44.2 Å². The van der Waals surface area contributed by atoms with E-state index in [1.165, 1.54) is 0 Å². The molecule has 2 rings (SSSR count). The zero-order chi connectivity index (χ0) is 19.2. The van der Waals surface area contributed by atoms with Crippen molar-refractivity contribution in [3.05, 3.63) is 54.1 Å². The molecule has 0 saturated carbocycles. The van der Waals surface area contributed by atoms with Crippen LogP contribution in [0.3, 0.4) is 0 Å². The lowest BCUT2D eigenvalue weighted by molar-refractivity contribution is 0.0459. The fraction of sp³-hybridized carbons (Fsp3) is 0.500. The zero-order valence-corrected chi connectivity index (χ0v) is 16.2. The first-order chi connectivity index (χ1) is 12.3. The van der Waals surface area contributed by atoms with Gasteiger partial charge in [-0.3, -0.25) is 0 Å². The van der Waals surface area contributed by atoms with E-state index >= 15 is 0 Å². The van der Waals surface area contributed by atoms with Crippen LogP contribution in [0.4, 0.5) is 4.79 Å². The third-order valence-electron chi connectivity index (χ3n) is 3.71. The average Bonchev–Trinajstić information content (AvgIpc) is 3.00. The van der Waals surface area contributed by atoms with E-state index in [9.17, 15) is 4.79 Å². The van der Waals surface area contributed by atoms with Crippen LogP contribution in [-0.2, 0) is 22.8 Å². The highest BCUT2D eigenvalue weighted by Gasteiger charge is 2.25. The molecule has 2 aromatic rings. The number of carbonyl (C=O) groups is 1. The fourth-order valence-corrected chi connectivity index (χ4v) is 2.51. The number of amides is 1. The summed E-state index contributed by atoms with van der Waals surface area (Å²) in [6, 6.07) is 9.74. The molecule has 0 saturated heterocycles. The van der Waals surface area contributed by atoms with E-state index in [1.807, 2.05) is 75.7 Å². The molecule has 0 spiro atoms. The van der Waals surface area contributed by atoms with Crippen molar-refractivity contribution in [1.82, 2.24) is 14.9 Å². The molecule has 1 aromatic carbocycles. The molecular weight excluding hydrogens is 330 g/mol. The Hall–Kier alpha value is -2.34. The van der Waals surface area contributed by atoms with Gasteiger partial charge in [0.2, 0.25) is 0 Å². The van der Waals surface area contributed by atoms with Gasteiger partial charge in [0.25, 0.3) is 0 Å². The lowest BCUT2D eigenvalue weighted by Crippen LogP contribution is -2.38. The molecule has 1 aromatic heterocycles. The van der Waals surface area contributed by atoms with E-state index in [1.54, 1.807) is 6.20 Å². The Kier molecular flexibility index (Phi) is 6.80. The largest absolute Gasteiger partial charge is 0.444 e. The van der Waals surface area contributed by atoms with Gasteiger partial charge in [-0.2, -0.15) is 0 Å². The minimum Gasteiger partial charge on any atom is -0.444 e. The van der Waals surface area contributed by atoms with Crippen molar-refractivity contribution in [1.29, 1.82) is 0 Å². The highest BCUT2D eigenvalue weighted by Crippen LogP contribution is 2.21. The Morgan fingerprint density at radius 2 is 1.92 bits per heavy atom. The van der Waals surface area contributed by atoms with Gasteiger partial charge in [-0.25, -0.2) is 9.78 Å². The maximum Gasteiger partial charge on any atom is 0.408 e.